The van der Waals surface area contributed by atoms with Gasteiger partial charge in [-0.25, -0.2) is 0 Å². The summed E-state index contributed by atoms with van der Waals surface area (Å²) in [6, 6.07) is 1.66. The van der Waals surface area contributed by atoms with E-state index in [0.29, 0.717) is 0 Å². The van der Waals surface area contributed by atoms with Gasteiger partial charge in [-0.1, -0.05) is 6.92 Å². The van der Waals surface area contributed by atoms with Crippen molar-refractivity contribution in [2.75, 3.05) is 0 Å². The number of H-pyrrole nitrogens is 1. The lowest BCUT2D eigenvalue weighted by molar-refractivity contribution is 0.476. The van der Waals surface area contributed by atoms with E-state index in [0.717, 1.165) is 12.1 Å². The van der Waals surface area contributed by atoms with Crippen molar-refractivity contribution >= 4 is 0 Å². The molecule has 4 N–H and O–H groups in total. The summed E-state index contributed by atoms with van der Waals surface area (Å²) in [5, 5.41) is 8.91. The number of rotatable bonds is 2. The van der Waals surface area contributed by atoms with Crippen LogP contribution in [0.1, 0.15) is 25.1 Å². The number of hydrogen-bond donors (Lipinski definition) is 3. The van der Waals surface area contributed by atoms with E-state index >= 15 is 0 Å². The topological polar surface area (TPSA) is 62.0 Å². The average molecular weight is 140 g/mol. The summed E-state index contributed by atoms with van der Waals surface area (Å²) in [5.41, 5.74) is 6.55. The Morgan fingerprint density at radius 1 is 1.80 bits per heavy atom. The molecule has 1 heterocycles. The normalized spacial score (nSPS) is 13.4. The summed E-state index contributed by atoms with van der Waals surface area (Å²) in [6.07, 6.45) is 2.41. The molecule has 1 atom stereocenters. The summed E-state index contributed by atoms with van der Waals surface area (Å²) < 4.78 is 0. The lowest BCUT2D eigenvalue weighted by Gasteiger charge is -2.03. The first-order valence-electron chi connectivity index (χ1n) is 3.37. The molecule has 0 amide bonds. The molecule has 0 fully saturated rings. The number of hydrogen-bond acceptors (Lipinski definition) is 2. The molecule has 0 aliphatic rings. The highest BCUT2D eigenvalue weighted by Crippen LogP contribution is 2.16. The van der Waals surface area contributed by atoms with Gasteiger partial charge in [-0.3, -0.25) is 0 Å². The van der Waals surface area contributed by atoms with E-state index in [2.05, 4.69) is 4.98 Å². The highest BCUT2D eigenvalue weighted by Gasteiger charge is 2.04. The van der Waals surface area contributed by atoms with Crippen molar-refractivity contribution in [1.82, 2.24) is 4.98 Å². The first-order chi connectivity index (χ1) is 4.74. The van der Waals surface area contributed by atoms with Crippen molar-refractivity contribution in [2.45, 2.75) is 19.4 Å². The molecule has 0 saturated carbocycles. The van der Waals surface area contributed by atoms with Crippen LogP contribution in [0.3, 0.4) is 0 Å². The highest BCUT2D eigenvalue weighted by molar-refractivity contribution is 5.22. The Balaban J connectivity index is 2.74. The van der Waals surface area contributed by atoms with Crippen LogP contribution >= 0.6 is 0 Å². The number of aromatic amines is 1. The fourth-order valence-electron chi connectivity index (χ4n) is 0.834. The largest absolute Gasteiger partial charge is 0.506 e. The van der Waals surface area contributed by atoms with E-state index in [9.17, 15) is 0 Å². The molecule has 0 spiro atoms. The maximum Gasteiger partial charge on any atom is 0.133 e. The van der Waals surface area contributed by atoms with Crippen LogP contribution in [0.4, 0.5) is 0 Å². The number of aromatic hydroxyl groups is 1. The van der Waals surface area contributed by atoms with E-state index in [4.69, 9.17) is 10.8 Å². The van der Waals surface area contributed by atoms with Gasteiger partial charge in [0.1, 0.15) is 5.75 Å². The average Bonchev–Trinajstić information content (AvgIpc) is 2.34. The van der Waals surface area contributed by atoms with E-state index in [1.165, 1.54) is 6.20 Å². The SMILES string of the molecule is CCC(N)c1cc(O)c[nH]1. The fraction of sp³-hybridized carbons (Fsp3) is 0.429. The zero-order valence-corrected chi connectivity index (χ0v) is 5.96. The second-order valence-electron chi connectivity index (χ2n) is 2.33. The summed E-state index contributed by atoms with van der Waals surface area (Å²) in [4.78, 5) is 2.88. The highest BCUT2D eigenvalue weighted by atomic mass is 16.3. The minimum Gasteiger partial charge on any atom is -0.506 e. The van der Waals surface area contributed by atoms with Crippen molar-refractivity contribution in [3.63, 3.8) is 0 Å². The van der Waals surface area contributed by atoms with Crippen LogP contribution in [0, 0.1) is 0 Å². The Hall–Kier alpha value is -0.960. The first kappa shape index (κ1) is 7.15. The third-order valence-electron chi connectivity index (χ3n) is 1.53. The number of nitrogens with two attached hydrogens (primary N) is 1. The van der Waals surface area contributed by atoms with Crippen molar-refractivity contribution in [2.24, 2.45) is 5.73 Å². The maximum atomic E-state index is 8.91. The lowest BCUT2D eigenvalue weighted by atomic mass is 10.2. The van der Waals surface area contributed by atoms with Gasteiger partial charge in [0.15, 0.2) is 0 Å². The molecule has 1 aromatic heterocycles. The molecule has 10 heavy (non-hydrogen) atoms. The number of nitrogens with one attached hydrogen (secondary N) is 1. The summed E-state index contributed by atoms with van der Waals surface area (Å²) >= 11 is 0. The predicted octanol–water partition coefficient (Wildman–Crippen LogP) is 1.13. The maximum absolute atomic E-state index is 8.91. The van der Waals surface area contributed by atoms with Crippen LogP contribution in [-0.2, 0) is 0 Å². The molecule has 0 aliphatic heterocycles. The van der Waals surface area contributed by atoms with Gasteiger partial charge in [0.05, 0.1) is 0 Å². The van der Waals surface area contributed by atoms with Gasteiger partial charge in [-0.05, 0) is 6.42 Å². The quantitative estimate of drug-likeness (QED) is 0.576. The summed E-state index contributed by atoms with van der Waals surface area (Å²) in [5.74, 6) is 0.249. The molecular formula is C7H12N2O. The van der Waals surface area contributed by atoms with E-state index in [1.54, 1.807) is 6.07 Å². The van der Waals surface area contributed by atoms with E-state index < -0.39 is 0 Å². The molecule has 0 radical (unpaired) electrons. The molecular weight excluding hydrogens is 128 g/mol. The standard InChI is InChI=1S/C7H12N2O/c1-2-6(8)7-3-5(10)4-9-7/h3-4,6,9-10H,2,8H2,1H3. The van der Waals surface area contributed by atoms with Gasteiger partial charge in [0, 0.05) is 24.0 Å². The molecule has 1 unspecified atom stereocenters. The van der Waals surface area contributed by atoms with Gasteiger partial charge < -0.3 is 15.8 Å². The second kappa shape index (κ2) is 2.75. The molecule has 1 aromatic rings. The summed E-state index contributed by atoms with van der Waals surface area (Å²) in [6.45, 7) is 2.00. The third-order valence-corrected chi connectivity index (χ3v) is 1.53. The van der Waals surface area contributed by atoms with Crippen molar-refractivity contribution < 1.29 is 5.11 Å². The van der Waals surface area contributed by atoms with Crippen LogP contribution in [0.2, 0.25) is 0 Å². The lowest BCUT2D eigenvalue weighted by Crippen LogP contribution is -2.08. The molecule has 3 nitrogen and oxygen atoms in total. The minimum atomic E-state index is 0.0147. The number of aromatic nitrogens is 1. The van der Waals surface area contributed by atoms with Gasteiger partial charge in [0.25, 0.3) is 0 Å². The molecule has 3 heteroatoms. The van der Waals surface area contributed by atoms with Crippen molar-refractivity contribution in [3.05, 3.63) is 18.0 Å². The second-order valence-corrected chi connectivity index (χ2v) is 2.33. The smallest absolute Gasteiger partial charge is 0.133 e. The third kappa shape index (κ3) is 1.30. The summed E-state index contributed by atoms with van der Waals surface area (Å²) in [7, 11) is 0. The molecule has 56 valence electrons. The molecule has 0 bridgehead atoms. The molecule has 0 aliphatic carbocycles. The zero-order chi connectivity index (χ0) is 7.56. The van der Waals surface area contributed by atoms with Gasteiger partial charge in [-0.2, -0.15) is 0 Å². The zero-order valence-electron chi connectivity index (χ0n) is 5.96. The minimum absolute atomic E-state index is 0.0147. The van der Waals surface area contributed by atoms with E-state index in [1.807, 2.05) is 6.92 Å². The van der Waals surface area contributed by atoms with Crippen LogP contribution < -0.4 is 5.73 Å². The van der Waals surface area contributed by atoms with Crippen molar-refractivity contribution in [1.29, 1.82) is 0 Å². The van der Waals surface area contributed by atoms with Crippen LogP contribution in [0.25, 0.3) is 0 Å². The van der Waals surface area contributed by atoms with E-state index in [-0.39, 0.29) is 11.8 Å². The van der Waals surface area contributed by atoms with Gasteiger partial charge in [-0.15, -0.1) is 0 Å². The molecule has 1 rings (SSSR count). The van der Waals surface area contributed by atoms with Crippen molar-refractivity contribution in [3.8, 4) is 5.75 Å². The Morgan fingerprint density at radius 2 is 2.50 bits per heavy atom. The van der Waals surface area contributed by atoms with Crippen LogP contribution in [0.5, 0.6) is 5.75 Å². The van der Waals surface area contributed by atoms with Gasteiger partial charge in [0.2, 0.25) is 0 Å². The Labute approximate surface area is 59.9 Å². The first-order valence-corrected chi connectivity index (χ1v) is 3.37. The predicted molar refractivity (Wildman–Crippen MR) is 39.7 cm³/mol. The Morgan fingerprint density at radius 3 is 2.90 bits per heavy atom. The van der Waals surface area contributed by atoms with Crippen LogP contribution in [-0.4, -0.2) is 10.1 Å². The van der Waals surface area contributed by atoms with Gasteiger partial charge >= 0.3 is 0 Å². The Kier molecular flexibility index (Phi) is 1.97. The molecule has 0 saturated heterocycles. The monoisotopic (exact) mass is 140 g/mol. The fourth-order valence-corrected chi connectivity index (χ4v) is 0.834. The Bertz CT molecular complexity index is 207. The molecule has 0 aromatic carbocycles. The van der Waals surface area contributed by atoms with Crippen LogP contribution in [0.15, 0.2) is 12.3 Å².